The normalized spacial score (nSPS) is 23.7. The van der Waals surface area contributed by atoms with E-state index in [0.29, 0.717) is 6.61 Å². The number of hydrogen-bond acceptors (Lipinski definition) is 2. The first-order valence-electron chi connectivity index (χ1n) is 5.00. The Kier molecular flexibility index (Phi) is 4.88. The highest BCUT2D eigenvalue weighted by atomic mass is 16.5. The Hall–Kier alpha value is -0.520. The van der Waals surface area contributed by atoms with Crippen LogP contribution in [0.1, 0.15) is 19.8 Å². The third kappa shape index (κ3) is 4.31. The SMILES string of the molecule is COCC#CCN1CCC[C@H](C)C1. The van der Waals surface area contributed by atoms with Gasteiger partial charge in [0.2, 0.25) is 0 Å². The van der Waals surface area contributed by atoms with Gasteiger partial charge in [0.05, 0.1) is 6.54 Å². The highest BCUT2D eigenvalue weighted by Crippen LogP contribution is 2.14. The summed E-state index contributed by atoms with van der Waals surface area (Å²) < 4.78 is 4.86. The van der Waals surface area contributed by atoms with Gasteiger partial charge < -0.3 is 4.74 Å². The van der Waals surface area contributed by atoms with Crippen LogP contribution >= 0.6 is 0 Å². The quantitative estimate of drug-likeness (QED) is 0.597. The van der Waals surface area contributed by atoms with Crippen LogP contribution in [0.4, 0.5) is 0 Å². The summed E-state index contributed by atoms with van der Waals surface area (Å²) in [5.41, 5.74) is 0. The summed E-state index contributed by atoms with van der Waals surface area (Å²) in [4.78, 5) is 2.43. The van der Waals surface area contributed by atoms with Gasteiger partial charge in [-0.05, 0) is 25.3 Å². The highest BCUT2D eigenvalue weighted by Gasteiger charge is 2.14. The van der Waals surface area contributed by atoms with Crippen LogP contribution in [0.3, 0.4) is 0 Å². The zero-order valence-electron chi connectivity index (χ0n) is 8.68. The van der Waals surface area contributed by atoms with Gasteiger partial charge in [-0.1, -0.05) is 18.8 Å². The van der Waals surface area contributed by atoms with Gasteiger partial charge in [-0.2, -0.15) is 0 Å². The van der Waals surface area contributed by atoms with Crippen molar-refractivity contribution in [2.24, 2.45) is 5.92 Å². The van der Waals surface area contributed by atoms with Crippen LogP contribution in [-0.2, 0) is 4.74 Å². The zero-order valence-corrected chi connectivity index (χ0v) is 8.68. The van der Waals surface area contributed by atoms with E-state index in [0.717, 1.165) is 12.5 Å². The molecule has 0 aliphatic carbocycles. The van der Waals surface area contributed by atoms with Crippen molar-refractivity contribution in [1.29, 1.82) is 0 Å². The van der Waals surface area contributed by atoms with Crippen LogP contribution in [0.5, 0.6) is 0 Å². The Morgan fingerprint density at radius 2 is 2.31 bits per heavy atom. The van der Waals surface area contributed by atoms with Crippen molar-refractivity contribution in [3.05, 3.63) is 0 Å². The average molecular weight is 181 g/mol. The molecule has 1 rings (SSSR count). The summed E-state index contributed by atoms with van der Waals surface area (Å²) in [6.45, 7) is 6.21. The van der Waals surface area contributed by atoms with Crippen LogP contribution in [0.25, 0.3) is 0 Å². The number of rotatable bonds is 2. The summed E-state index contributed by atoms with van der Waals surface area (Å²) in [5.74, 6) is 6.96. The molecular formula is C11H19NO. The Labute approximate surface area is 81.3 Å². The van der Waals surface area contributed by atoms with Crippen molar-refractivity contribution in [1.82, 2.24) is 4.90 Å². The molecule has 0 N–H and O–H groups in total. The van der Waals surface area contributed by atoms with Crippen LogP contribution in [0, 0.1) is 17.8 Å². The van der Waals surface area contributed by atoms with E-state index in [1.165, 1.54) is 25.9 Å². The molecule has 0 amide bonds. The van der Waals surface area contributed by atoms with Crippen molar-refractivity contribution < 1.29 is 4.74 Å². The molecule has 2 nitrogen and oxygen atoms in total. The summed E-state index contributed by atoms with van der Waals surface area (Å²) >= 11 is 0. The molecule has 0 saturated carbocycles. The lowest BCUT2D eigenvalue weighted by atomic mass is 10.0. The fourth-order valence-electron chi connectivity index (χ4n) is 1.72. The highest BCUT2D eigenvalue weighted by molar-refractivity contribution is 5.01. The third-order valence-electron chi connectivity index (χ3n) is 2.39. The monoisotopic (exact) mass is 181 g/mol. The number of nitrogens with zero attached hydrogens (tertiary/aromatic N) is 1. The van der Waals surface area contributed by atoms with Crippen molar-refractivity contribution >= 4 is 0 Å². The second-order valence-electron chi connectivity index (χ2n) is 3.77. The standard InChI is InChI=1S/C11H19NO/c1-11-6-5-8-12(10-11)7-3-4-9-13-2/h11H,5-10H2,1-2H3/t11-/m0/s1. The molecule has 0 spiro atoms. The predicted octanol–water partition coefficient (Wildman–Crippen LogP) is 1.37. The molecule has 1 aliphatic rings. The van der Waals surface area contributed by atoms with Gasteiger partial charge in [0.15, 0.2) is 0 Å². The molecule has 1 saturated heterocycles. The molecule has 1 heterocycles. The first-order chi connectivity index (χ1) is 6.33. The van der Waals surface area contributed by atoms with Crippen LogP contribution in [0.15, 0.2) is 0 Å². The summed E-state index contributed by atoms with van der Waals surface area (Å²) in [7, 11) is 1.68. The van der Waals surface area contributed by atoms with Gasteiger partial charge in [-0.3, -0.25) is 4.90 Å². The van der Waals surface area contributed by atoms with Crippen LogP contribution in [-0.4, -0.2) is 38.3 Å². The second-order valence-corrected chi connectivity index (χ2v) is 3.77. The first kappa shape index (κ1) is 10.6. The first-order valence-corrected chi connectivity index (χ1v) is 5.00. The predicted molar refractivity (Wildman–Crippen MR) is 54.5 cm³/mol. The minimum Gasteiger partial charge on any atom is -0.372 e. The Morgan fingerprint density at radius 1 is 1.46 bits per heavy atom. The lowest BCUT2D eigenvalue weighted by Gasteiger charge is -2.28. The molecule has 13 heavy (non-hydrogen) atoms. The lowest BCUT2D eigenvalue weighted by molar-refractivity contribution is 0.204. The van der Waals surface area contributed by atoms with Crippen LogP contribution in [0.2, 0.25) is 0 Å². The largest absolute Gasteiger partial charge is 0.372 e. The topological polar surface area (TPSA) is 12.5 Å². The van der Waals surface area contributed by atoms with Gasteiger partial charge in [0.25, 0.3) is 0 Å². The van der Waals surface area contributed by atoms with Crippen molar-refractivity contribution in [3.8, 4) is 11.8 Å². The molecule has 74 valence electrons. The van der Waals surface area contributed by atoms with Crippen molar-refractivity contribution in [3.63, 3.8) is 0 Å². The number of ether oxygens (including phenoxy) is 1. The van der Waals surface area contributed by atoms with Gasteiger partial charge in [-0.15, -0.1) is 0 Å². The van der Waals surface area contributed by atoms with Crippen molar-refractivity contribution in [2.75, 3.05) is 33.4 Å². The van der Waals surface area contributed by atoms with Crippen LogP contribution < -0.4 is 0 Å². The molecule has 0 aromatic carbocycles. The van der Waals surface area contributed by atoms with E-state index in [-0.39, 0.29) is 0 Å². The fraction of sp³-hybridized carbons (Fsp3) is 0.818. The molecule has 1 fully saturated rings. The fourth-order valence-corrected chi connectivity index (χ4v) is 1.72. The van der Waals surface area contributed by atoms with E-state index in [1.807, 2.05) is 0 Å². The summed E-state index contributed by atoms with van der Waals surface area (Å²) in [6, 6.07) is 0. The van der Waals surface area contributed by atoms with E-state index in [4.69, 9.17) is 4.74 Å². The zero-order chi connectivity index (χ0) is 9.52. The van der Waals surface area contributed by atoms with E-state index >= 15 is 0 Å². The number of methoxy groups -OCH3 is 1. The van der Waals surface area contributed by atoms with Gasteiger partial charge in [0.1, 0.15) is 6.61 Å². The number of piperidine rings is 1. The molecule has 2 heteroatoms. The molecule has 0 aromatic rings. The Balaban J connectivity index is 2.17. The summed E-state index contributed by atoms with van der Waals surface area (Å²) in [6.07, 6.45) is 2.70. The molecule has 1 atom stereocenters. The van der Waals surface area contributed by atoms with Gasteiger partial charge in [0, 0.05) is 13.7 Å². The molecule has 0 bridgehead atoms. The second kappa shape index (κ2) is 6.01. The van der Waals surface area contributed by atoms with E-state index in [1.54, 1.807) is 7.11 Å². The Bertz CT molecular complexity index is 192. The molecular weight excluding hydrogens is 162 g/mol. The summed E-state index contributed by atoms with van der Waals surface area (Å²) in [5, 5.41) is 0. The molecule has 0 radical (unpaired) electrons. The average Bonchev–Trinajstić information content (AvgIpc) is 2.13. The molecule has 0 unspecified atom stereocenters. The smallest absolute Gasteiger partial charge is 0.107 e. The maximum Gasteiger partial charge on any atom is 0.107 e. The molecule has 1 aliphatic heterocycles. The number of likely N-dealkylation sites (tertiary alicyclic amines) is 1. The van der Waals surface area contributed by atoms with Crippen molar-refractivity contribution in [2.45, 2.75) is 19.8 Å². The van der Waals surface area contributed by atoms with E-state index in [2.05, 4.69) is 23.7 Å². The van der Waals surface area contributed by atoms with E-state index in [9.17, 15) is 0 Å². The van der Waals surface area contributed by atoms with Gasteiger partial charge >= 0.3 is 0 Å². The molecule has 0 aromatic heterocycles. The minimum absolute atomic E-state index is 0.559. The maximum atomic E-state index is 4.86. The number of hydrogen-bond donors (Lipinski definition) is 0. The van der Waals surface area contributed by atoms with E-state index < -0.39 is 0 Å². The third-order valence-corrected chi connectivity index (χ3v) is 2.39. The maximum absolute atomic E-state index is 4.86. The lowest BCUT2D eigenvalue weighted by Crippen LogP contribution is -2.34. The van der Waals surface area contributed by atoms with Gasteiger partial charge in [-0.25, -0.2) is 0 Å². The minimum atomic E-state index is 0.559. The Morgan fingerprint density at radius 3 is 3.00 bits per heavy atom.